The van der Waals surface area contributed by atoms with E-state index in [9.17, 15) is 19.5 Å². The number of nitrogens with one attached hydrogen (secondary N) is 2. The maximum atomic E-state index is 14.2. The summed E-state index contributed by atoms with van der Waals surface area (Å²) < 4.78 is 7.31. The number of aromatic hydroxyl groups is 1. The maximum Gasteiger partial charge on any atom is 0.318 e. The zero-order valence-electron chi connectivity index (χ0n) is 28.2. The summed E-state index contributed by atoms with van der Waals surface area (Å²) in [6.07, 6.45) is 2.06. The van der Waals surface area contributed by atoms with Gasteiger partial charge in [-0.25, -0.2) is 4.79 Å². The Kier molecular flexibility index (Phi) is 11.2. The fraction of sp³-hybridized carbons (Fsp3) is 0.324. The van der Waals surface area contributed by atoms with Crippen LogP contribution in [0.15, 0.2) is 79.0 Å². The number of likely N-dealkylation sites (N-methyl/N-ethyl adjacent to an activating group) is 1. The molecule has 2 aliphatic rings. The number of aromatic nitrogens is 2. The van der Waals surface area contributed by atoms with Gasteiger partial charge in [0.2, 0.25) is 5.91 Å². The van der Waals surface area contributed by atoms with E-state index < -0.39 is 23.9 Å². The second-order valence-electron chi connectivity index (χ2n) is 12.5. The third kappa shape index (κ3) is 8.32. The Hall–Kier alpha value is -5.42. The van der Waals surface area contributed by atoms with Gasteiger partial charge in [-0.2, -0.15) is 10.4 Å². The van der Waals surface area contributed by atoms with Crippen LogP contribution in [0.3, 0.4) is 0 Å². The molecule has 51 heavy (non-hydrogen) atoms. The molecule has 0 bridgehead atoms. The fourth-order valence-electron chi connectivity index (χ4n) is 6.18. The average molecular weight is 711 g/mol. The number of phenols is 1. The molecule has 2 atom stereocenters. The molecule has 3 heterocycles. The summed E-state index contributed by atoms with van der Waals surface area (Å²) in [5, 5.41) is 30.6. The molecule has 0 saturated carbocycles. The first-order valence-corrected chi connectivity index (χ1v) is 17.1. The normalized spacial score (nSPS) is 17.0. The Morgan fingerprint density at radius 1 is 1.02 bits per heavy atom. The highest BCUT2D eigenvalue weighted by Gasteiger charge is 2.38. The number of hydrogen-bond acceptors (Lipinski definition) is 8. The van der Waals surface area contributed by atoms with Crippen LogP contribution in [0.4, 0.5) is 10.5 Å². The van der Waals surface area contributed by atoms with Crippen LogP contribution in [-0.2, 0) is 20.9 Å². The van der Waals surface area contributed by atoms with E-state index in [1.165, 1.54) is 11.0 Å². The highest BCUT2D eigenvalue weighted by molar-refractivity contribution is 6.31. The van der Waals surface area contributed by atoms with E-state index in [0.29, 0.717) is 52.7 Å². The summed E-state index contributed by atoms with van der Waals surface area (Å²) in [5.41, 5.74) is 3.50. The second kappa shape index (κ2) is 16.1. The van der Waals surface area contributed by atoms with Gasteiger partial charge in [-0.1, -0.05) is 54.1 Å². The maximum absolute atomic E-state index is 14.2. The van der Waals surface area contributed by atoms with Gasteiger partial charge in [-0.15, -0.1) is 0 Å². The summed E-state index contributed by atoms with van der Waals surface area (Å²) in [7, 11) is 2.00. The molecule has 0 radical (unpaired) electrons. The van der Waals surface area contributed by atoms with Gasteiger partial charge in [0.05, 0.1) is 32.2 Å². The van der Waals surface area contributed by atoms with Gasteiger partial charge in [0.1, 0.15) is 23.5 Å². The van der Waals surface area contributed by atoms with Crippen molar-refractivity contribution < 1.29 is 24.2 Å². The Bertz CT molecular complexity index is 1900. The van der Waals surface area contributed by atoms with Crippen molar-refractivity contribution in [3.8, 4) is 34.2 Å². The van der Waals surface area contributed by atoms with Gasteiger partial charge in [0, 0.05) is 60.8 Å². The number of rotatable bonds is 9. The number of amides is 4. The molecule has 0 aliphatic carbocycles. The van der Waals surface area contributed by atoms with Gasteiger partial charge in [-0.3, -0.25) is 14.3 Å². The number of phenolic OH excluding ortho intramolecular Hbond substituents is 1. The second-order valence-corrected chi connectivity index (χ2v) is 12.9. The van der Waals surface area contributed by atoms with Crippen LogP contribution in [0, 0.1) is 11.3 Å². The summed E-state index contributed by atoms with van der Waals surface area (Å²) in [6, 6.07) is 20.7. The third-order valence-electron chi connectivity index (χ3n) is 9.04. The number of nitriles is 1. The van der Waals surface area contributed by atoms with E-state index in [1.807, 2.05) is 37.4 Å². The molecule has 0 unspecified atom stereocenters. The average Bonchev–Trinajstić information content (AvgIpc) is 3.58. The highest BCUT2D eigenvalue weighted by Crippen LogP contribution is 2.38. The van der Waals surface area contributed by atoms with Gasteiger partial charge in [-0.05, 0) is 48.5 Å². The summed E-state index contributed by atoms with van der Waals surface area (Å²) in [6.45, 7) is 3.37. The minimum absolute atomic E-state index is 0.00204. The number of hydrogen-bond donors (Lipinski definition) is 3. The van der Waals surface area contributed by atoms with Crippen molar-refractivity contribution in [3.05, 3.63) is 89.6 Å². The number of aryl methyl sites for hydroxylation is 1. The number of anilines is 1. The van der Waals surface area contributed by atoms with E-state index in [0.717, 1.165) is 18.7 Å². The molecule has 0 spiro atoms. The summed E-state index contributed by atoms with van der Waals surface area (Å²) in [4.78, 5) is 46.6. The molecular formula is C37H39ClN8O5. The Morgan fingerprint density at radius 2 is 1.76 bits per heavy atom. The number of ether oxygens (including phenoxy) is 1. The molecule has 1 aromatic heterocycles. The van der Waals surface area contributed by atoms with Crippen molar-refractivity contribution in [2.45, 2.75) is 25.0 Å². The van der Waals surface area contributed by atoms with E-state index in [2.05, 4.69) is 26.7 Å². The van der Waals surface area contributed by atoms with E-state index in [1.54, 1.807) is 52.2 Å². The lowest BCUT2D eigenvalue weighted by atomic mass is 10.0. The van der Waals surface area contributed by atoms with Gasteiger partial charge in [0.25, 0.3) is 5.91 Å². The Morgan fingerprint density at radius 3 is 2.49 bits per heavy atom. The molecule has 6 rings (SSSR count). The van der Waals surface area contributed by atoms with Crippen molar-refractivity contribution in [1.29, 1.82) is 5.26 Å². The first-order chi connectivity index (χ1) is 24.7. The van der Waals surface area contributed by atoms with Crippen molar-refractivity contribution in [2.24, 2.45) is 0 Å². The monoisotopic (exact) mass is 710 g/mol. The van der Waals surface area contributed by atoms with Crippen LogP contribution in [0.25, 0.3) is 22.4 Å². The van der Waals surface area contributed by atoms with Gasteiger partial charge < -0.3 is 35.2 Å². The zero-order valence-corrected chi connectivity index (χ0v) is 28.9. The molecule has 4 aromatic rings. The van der Waals surface area contributed by atoms with Gasteiger partial charge >= 0.3 is 6.03 Å². The molecular weight excluding hydrogens is 672 g/mol. The lowest BCUT2D eigenvalue weighted by molar-refractivity contribution is -0.148. The number of piperazine rings is 1. The SMILES string of the molecule is CN1CCN(C(=O)N[C@@H](C(=O)N2CCOC[C@H]2C(=O)Nc2ccc(-c3cn(CCC#N)nc3-c3cc(Cl)ccc3O)cc2)c2ccccc2)CC1. The lowest BCUT2D eigenvalue weighted by Crippen LogP contribution is -2.58. The van der Waals surface area contributed by atoms with Crippen LogP contribution in [-0.4, -0.2) is 106 Å². The van der Waals surface area contributed by atoms with Crippen molar-refractivity contribution in [1.82, 2.24) is 29.8 Å². The lowest BCUT2D eigenvalue weighted by Gasteiger charge is -2.38. The van der Waals surface area contributed by atoms with Crippen LogP contribution < -0.4 is 10.6 Å². The molecule has 3 aromatic carbocycles. The smallest absolute Gasteiger partial charge is 0.318 e. The number of halogens is 1. The molecule has 2 aliphatic heterocycles. The predicted molar refractivity (Wildman–Crippen MR) is 192 cm³/mol. The summed E-state index contributed by atoms with van der Waals surface area (Å²) in [5.74, 6) is -0.813. The molecule has 2 saturated heterocycles. The Labute approximate surface area is 301 Å². The third-order valence-corrected chi connectivity index (χ3v) is 9.28. The highest BCUT2D eigenvalue weighted by atomic mass is 35.5. The topological polar surface area (TPSA) is 156 Å². The fourth-order valence-corrected chi connectivity index (χ4v) is 6.35. The number of benzene rings is 3. The van der Waals surface area contributed by atoms with Crippen molar-refractivity contribution in [2.75, 3.05) is 58.3 Å². The first-order valence-electron chi connectivity index (χ1n) is 16.7. The van der Waals surface area contributed by atoms with Crippen molar-refractivity contribution >= 4 is 35.1 Å². The van der Waals surface area contributed by atoms with Crippen LogP contribution in [0.1, 0.15) is 18.0 Å². The van der Waals surface area contributed by atoms with E-state index in [4.69, 9.17) is 21.6 Å². The molecule has 13 nitrogen and oxygen atoms in total. The van der Waals surface area contributed by atoms with Crippen molar-refractivity contribution in [3.63, 3.8) is 0 Å². The van der Waals surface area contributed by atoms with Gasteiger partial charge in [0.15, 0.2) is 0 Å². The number of carbonyl (C=O) groups is 3. The minimum atomic E-state index is -0.992. The van der Waals surface area contributed by atoms with Crippen LogP contribution in [0.5, 0.6) is 5.75 Å². The number of carbonyl (C=O) groups excluding carboxylic acids is 3. The standard InChI is InChI=1S/C37H39ClN8O5/c1-43-16-18-44(19-17-43)37(50)41-33(26-6-3-2-4-7-26)36(49)46-20-21-51-24-31(46)35(48)40-28-11-8-25(9-12-28)30-23-45(15-5-14-39)42-34(30)29-22-27(38)10-13-32(29)47/h2-4,6-13,22-23,31,33,47H,5,15-21,24H2,1H3,(H,40,48)(H,41,50)/t31-,33+/m0/s1. The number of urea groups is 1. The Balaban J connectivity index is 1.20. The van der Waals surface area contributed by atoms with Crippen LogP contribution in [0.2, 0.25) is 5.02 Å². The van der Waals surface area contributed by atoms with Crippen LogP contribution >= 0.6 is 11.6 Å². The zero-order chi connectivity index (χ0) is 35.9. The minimum Gasteiger partial charge on any atom is -0.507 e. The molecule has 4 amide bonds. The quantitative estimate of drug-likeness (QED) is 0.232. The predicted octanol–water partition coefficient (Wildman–Crippen LogP) is 4.35. The molecule has 3 N–H and O–H groups in total. The molecule has 14 heteroatoms. The molecule has 264 valence electrons. The van der Waals surface area contributed by atoms with E-state index >= 15 is 0 Å². The molecule has 2 fully saturated rings. The number of morpholine rings is 1. The first kappa shape index (κ1) is 35.4. The van der Waals surface area contributed by atoms with E-state index in [-0.39, 0.29) is 38.0 Å². The number of nitrogens with zero attached hydrogens (tertiary/aromatic N) is 6. The largest absolute Gasteiger partial charge is 0.507 e. The summed E-state index contributed by atoms with van der Waals surface area (Å²) >= 11 is 6.24.